The van der Waals surface area contributed by atoms with Crippen molar-refractivity contribution in [2.24, 2.45) is 0 Å². The van der Waals surface area contributed by atoms with Crippen LogP contribution in [0.5, 0.6) is 0 Å². The van der Waals surface area contributed by atoms with Gasteiger partial charge in [0.1, 0.15) is 0 Å². The van der Waals surface area contributed by atoms with Crippen molar-refractivity contribution in [3.63, 3.8) is 0 Å². The van der Waals surface area contributed by atoms with Crippen LogP contribution in [0.4, 0.5) is 0 Å². The molecule has 0 amide bonds. The fourth-order valence-electron chi connectivity index (χ4n) is 0. The predicted octanol–water partition coefficient (Wildman–Crippen LogP) is -0.216. The summed E-state index contributed by atoms with van der Waals surface area (Å²) in [6.07, 6.45) is 0. The summed E-state index contributed by atoms with van der Waals surface area (Å²) in [5, 5.41) is 0. The molecule has 0 fully saturated rings. The van der Waals surface area contributed by atoms with Crippen molar-refractivity contribution in [2.75, 3.05) is 7.11 Å². The molecule has 0 aromatic heterocycles. The molecule has 0 heterocycles. The van der Waals surface area contributed by atoms with E-state index < -0.39 is 7.82 Å². The monoisotopic (exact) mass is 146 g/mol. The molecule has 0 aromatic carbocycles. The van der Waals surface area contributed by atoms with Gasteiger partial charge in [-0.1, -0.05) is 0 Å². The average Bonchev–Trinajstić information content (AvgIpc) is 1.35. The van der Waals surface area contributed by atoms with Crippen molar-refractivity contribution in [3.05, 3.63) is 0 Å². The highest BCUT2D eigenvalue weighted by molar-refractivity contribution is 7.46. The van der Waals surface area contributed by atoms with Crippen LogP contribution in [0.2, 0.25) is 0 Å². The molecular weight excluding hydrogens is 138 g/mol. The number of phosphoric acid groups is 1. The Morgan fingerprint density at radius 1 is 1.57 bits per heavy atom. The maximum Gasteiger partial charge on any atom is 0.469 e. The zero-order chi connectivity index (χ0) is 5.21. The first-order valence-electron chi connectivity index (χ1n) is 1.17. The van der Waals surface area contributed by atoms with Crippen LogP contribution in [0.1, 0.15) is 0 Å². The molecule has 2 N–H and O–H groups in total. The molecule has 0 spiro atoms. The van der Waals surface area contributed by atoms with Gasteiger partial charge >= 0.3 is 7.82 Å². The van der Waals surface area contributed by atoms with Crippen LogP contribution in [0.3, 0.4) is 0 Å². The zero-order valence-electron chi connectivity index (χ0n) is 3.87. The summed E-state index contributed by atoms with van der Waals surface area (Å²) in [5.74, 6) is 0. The van der Waals surface area contributed by atoms with Crippen molar-refractivity contribution >= 4 is 17.7 Å². The van der Waals surface area contributed by atoms with E-state index in [0.717, 1.165) is 7.11 Å². The Labute approximate surface area is 44.7 Å². The Bertz CT molecular complexity index is 73.8. The van der Waals surface area contributed by atoms with Crippen LogP contribution in [0, 0.1) is 0 Å². The van der Waals surface area contributed by atoms with E-state index >= 15 is 0 Å². The second kappa shape index (κ2) is 3.53. The minimum absolute atomic E-state index is 0. The van der Waals surface area contributed by atoms with Gasteiger partial charge in [0.05, 0.1) is 0 Å². The number of phosphoric ester groups is 1. The largest absolute Gasteiger partial charge is 0.469 e. The van der Waals surface area contributed by atoms with E-state index in [-0.39, 0.29) is 9.90 Å². The standard InChI is InChI=1S/CH5O4P.H3P/c1-5-6(2,3)4;/h1H3,(H2,2,3,4);1H3. The minimum Gasteiger partial charge on any atom is -0.303 e. The Kier molecular flexibility index (Phi) is 5.30. The predicted molar refractivity (Wildman–Crippen MR) is 30.2 cm³/mol. The van der Waals surface area contributed by atoms with Gasteiger partial charge in [0.15, 0.2) is 0 Å². The third-order valence-electron chi connectivity index (χ3n) is 0.238. The summed E-state index contributed by atoms with van der Waals surface area (Å²) < 4.78 is 13.1. The van der Waals surface area contributed by atoms with E-state index in [0.29, 0.717) is 0 Å². The van der Waals surface area contributed by atoms with Gasteiger partial charge in [-0.3, -0.25) is 4.52 Å². The minimum atomic E-state index is -4.15. The van der Waals surface area contributed by atoms with E-state index in [1.807, 2.05) is 0 Å². The van der Waals surface area contributed by atoms with Crippen molar-refractivity contribution < 1.29 is 18.9 Å². The molecule has 46 valence electrons. The first-order chi connectivity index (χ1) is 2.56. The highest BCUT2D eigenvalue weighted by atomic mass is 31.2. The van der Waals surface area contributed by atoms with Gasteiger partial charge in [0.2, 0.25) is 0 Å². The molecule has 0 saturated carbocycles. The van der Waals surface area contributed by atoms with Gasteiger partial charge in [0, 0.05) is 7.11 Å². The molecule has 4 nitrogen and oxygen atoms in total. The molecule has 6 heteroatoms. The number of hydrogen-bond acceptors (Lipinski definition) is 2. The summed E-state index contributed by atoms with van der Waals surface area (Å²) in [4.78, 5) is 15.4. The van der Waals surface area contributed by atoms with Crippen LogP contribution in [0.15, 0.2) is 0 Å². The molecule has 0 aliphatic heterocycles. The molecule has 0 aliphatic carbocycles. The van der Waals surface area contributed by atoms with Crippen LogP contribution in [-0.2, 0) is 9.09 Å². The smallest absolute Gasteiger partial charge is 0.303 e. The van der Waals surface area contributed by atoms with Crippen LogP contribution in [0.25, 0.3) is 0 Å². The Morgan fingerprint density at radius 2 is 1.71 bits per heavy atom. The van der Waals surface area contributed by atoms with E-state index in [1.54, 1.807) is 0 Å². The molecule has 1 atom stereocenters. The molecule has 0 radical (unpaired) electrons. The van der Waals surface area contributed by atoms with Crippen LogP contribution in [-0.4, -0.2) is 16.9 Å². The highest BCUT2D eigenvalue weighted by Crippen LogP contribution is 2.33. The molecule has 1 unspecified atom stereocenters. The SMILES string of the molecule is COP(=O)(O)O.P. The molecule has 7 heavy (non-hydrogen) atoms. The summed E-state index contributed by atoms with van der Waals surface area (Å²) in [5.41, 5.74) is 0. The number of rotatable bonds is 1. The first-order valence-corrected chi connectivity index (χ1v) is 2.70. The molecule has 0 bridgehead atoms. The molecular formula is CH8O4P2. The van der Waals surface area contributed by atoms with E-state index in [1.165, 1.54) is 0 Å². The van der Waals surface area contributed by atoms with Gasteiger partial charge in [-0.25, -0.2) is 4.57 Å². The third-order valence-corrected chi connectivity index (χ3v) is 0.714. The van der Waals surface area contributed by atoms with Crippen LogP contribution < -0.4 is 0 Å². The van der Waals surface area contributed by atoms with Crippen LogP contribution >= 0.6 is 17.7 Å². The highest BCUT2D eigenvalue weighted by Gasteiger charge is 2.07. The molecule has 0 aliphatic rings. The Morgan fingerprint density at radius 3 is 1.71 bits per heavy atom. The first kappa shape index (κ1) is 10.5. The lowest BCUT2D eigenvalue weighted by Crippen LogP contribution is -1.76. The van der Waals surface area contributed by atoms with E-state index in [9.17, 15) is 4.57 Å². The second-order valence-electron chi connectivity index (χ2n) is 0.673. The van der Waals surface area contributed by atoms with Crippen molar-refractivity contribution in [1.29, 1.82) is 0 Å². The van der Waals surface area contributed by atoms with Crippen molar-refractivity contribution in [3.8, 4) is 0 Å². The maximum atomic E-state index is 9.47. The van der Waals surface area contributed by atoms with Gasteiger partial charge in [-0.2, -0.15) is 9.90 Å². The zero-order valence-corrected chi connectivity index (χ0v) is 6.17. The topological polar surface area (TPSA) is 66.8 Å². The Hall–Kier alpha value is 0.540. The second-order valence-corrected chi connectivity index (χ2v) is 2.02. The average molecular weight is 146 g/mol. The van der Waals surface area contributed by atoms with Crippen molar-refractivity contribution in [1.82, 2.24) is 0 Å². The quantitative estimate of drug-likeness (QED) is 0.502. The lowest BCUT2D eigenvalue weighted by molar-refractivity contribution is 0.235. The fraction of sp³-hybridized carbons (Fsp3) is 1.00. The summed E-state index contributed by atoms with van der Waals surface area (Å²) in [6.45, 7) is 0. The lowest BCUT2D eigenvalue weighted by Gasteiger charge is -1.93. The molecule has 0 aromatic rings. The molecule has 0 rings (SSSR count). The Balaban J connectivity index is 0. The van der Waals surface area contributed by atoms with E-state index in [2.05, 4.69) is 4.52 Å². The van der Waals surface area contributed by atoms with Gasteiger partial charge < -0.3 is 9.79 Å². The van der Waals surface area contributed by atoms with Gasteiger partial charge in [-0.15, -0.1) is 0 Å². The summed E-state index contributed by atoms with van der Waals surface area (Å²) in [6, 6.07) is 0. The van der Waals surface area contributed by atoms with Crippen molar-refractivity contribution in [2.45, 2.75) is 0 Å². The fourth-order valence-corrected chi connectivity index (χ4v) is 0. The summed E-state index contributed by atoms with van der Waals surface area (Å²) in [7, 11) is -3.20. The lowest BCUT2D eigenvalue weighted by atomic mass is 11.8. The summed E-state index contributed by atoms with van der Waals surface area (Å²) >= 11 is 0. The van der Waals surface area contributed by atoms with Gasteiger partial charge in [0.25, 0.3) is 0 Å². The van der Waals surface area contributed by atoms with Gasteiger partial charge in [-0.05, 0) is 0 Å². The normalized spacial score (nSPS) is 10.1. The van der Waals surface area contributed by atoms with E-state index in [4.69, 9.17) is 9.79 Å². The number of hydrogen-bond donors (Lipinski definition) is 2. The maximum absolute atomic E-state index is 9.47. The molecule has 0 saturated heterocycles. The third kappa shape index (κ3) is 10.8.